The van der Waals surface area contributed by atoms with Gasteiger partial charge in [0.2, 0.25) is 0 Å². The van der Waals surface area contributed by atoms with E-state index in [0.29, 0.717) is 17.5 Å². The van der Waals surface area contributed by atoms with Crippen molar-refractivity contribution in [2.75, 3.05) is 24.8 Å². The lowest BCUT2D eigenvalue weighted by Gasteiger charge is -2.27. The van der Waals surface area contributed by atoms with Crippen LogP contribution in [-0.2, 0) is 4.74 Å². The van der Waals surface area contributed by atoms with Crippen LogP contribution in [0.5, 0.6) is 0 Å². The van der Waals surface area contributed by atoms with E-state index in [-0.39, 0.29) is 5.69 Å². The molecule has 0 aromatic carbocycles. The molecule has 1 atom stereocenters. The minimum absolute atomic E-state index is 0.275. The number of esters is 1. The van der Waals surface area contributed by atoms with E-state index in [4.69, 9.17) is 5.73 Å². The maximum atomic E-state index is 11.5. The van der Waals surface area contributed by atoms with Crippen LogP contribution < -0.4 is 10.6 Å². The Kier molecular flexibility index (Phi) is 4.95. The summed E-state index contributed by atoms with van der Waals surface area (Å²) in [7, 11) is 3.27. The Labute approximate surface area is 108 Å². The monoisotopic (exact) mass is 251 g/mol. The quantitative estimate of drug-likeness (QED) is 0.811. The Bertz CT molecular complexity index is 421. The van der Waals surface area contributed by atoms with E-state index in [0.717, 1.165) is 12.8 Å². The van der Waals surface area contributed by atoms with Gasteiger partial charge in [-0.15, -0.1) is 0 Å². The maximum Gasteiger partial charge on any atom is 0.356 e. The number of pyridine rings is 1. The Morgan fingerprint density at radius 2 is 2.22 bits per heavy atom. The van der Waals surface area contributed by atoms with E-state index < -0.39 is 5.97 Å². The molecule has 1 heterocycles. The molecule has 100 valence electrons. The number of methoxy groups -OCH3 is 1. The van der Waals surface area contributed by atoms with Crippen LogP contribution in [0.4, 0.5) is 11.5 Å². The topological polar surface area (TPSA) is 68.5 Å². The fourth-order valence-electron chi connectivity index (χ4n) is 1.78. The van der Waals surface area contributed by atoms with Crippen molar-refractivity contribution in [2.45, 2.75) is 32.7 Å². The molecule has 0 aliphatic rings. The van der Waals surface area contributed by atoms with Gasteiger partial charge in [0.15, 0.2) is 11.5 Å². The van der Waals surface area contributed by atoms with Crippen LogP contribution in [0.3, 0.4) is 0 Å². The third kappa shape index (κ3) is 3.12. The molecule has 0 saturated carbocycles. The number of carbonyl (C=O) groups excluding carboxylic acids is 1. The molecule has 0 radical (unpaired) electrons. The van der Waals surface area contributed by atoms with E-state index >= 15 is 0 Å². The zero-order valence-electron chi connectivity index (χ0n) is 11.4. The summed E-state index contributed by atoms with van der Waals surface area (Å²) in [6, 6.07) is 3.57. The smallest absolute Gasteiger partial charge is 0.356 e. The number of hydrogen-bond donors (Lipinski definition) is 1. The molecule has 2 N–H and O–H groups in total. The van der Waals surface area contributed by atoms with Gasteiger partial charge in [-0.25, -0.2) is 9.78 Å². The molecule has 0 aliphatic carbocycles. The first-order chi connectivity index (χ1) is 8.51. The van der Waals surface area contributed by atoms with Gasteiger partial charge in [0, 0.05) is 13.1 Å². The summed E-state index contributed by atoms with van der Waals surface area (Å²) < 4.78 is 4.66. The molecule has 5 heteroatoms. The normalized spacial score (nSPS) is 12.0. The number of hydrogen-bond acceptors (Lipinski definition) is 5. The minimum Gasteiger partial charge on any atom is -0.464 e. The standard InChI is InChI=1S/C13H21N3O2/c1-5-6-9(2)16(3)12-10(14)7-8-11(15-12)13(17)18-4/h7-9H,5-6,14H2,1-4H3. The number of nitrogen functional groups attached to an aromatic ring is 1. The van der Waals surface area contributed by atoms with Gasteiger partial charge >= 0.3 is 5.97 Å². The number of rotatable bonds is 5. The Hall–Kier alpha value is -1.78. The Balaban J connectivity index is 3.03. The SMILES string of the molecule is CCCC(C)N(C)c1nc(C(=O)OC)ccc1N. The summed E-state index contributed by atoms with van der Waals surface area (Å²) in [6.07, 6.45) is 2.13. The van der Waals surface area contributed by atoms with Gasteiger partial charge in [0.05, 0.1) is 12.8 Å². The highest BCUT2D eigenvalue weighted by Gasteiger charge is 2.16. The Morgan fingerprint density at radius 3 is 2.78 bits per heavy atom. The summed E-state index contributed by atoms with van der Waals surface area (Å²) in [5.74, 6) is 0.173. The van der Waals surface area contributed by atoms with E-state index in [1.54, 1.807) is 12.1 Å². The van der Waals surface area contributed by atoms with Gasteiger partial charge in [-0.2, -0.15) is 0 Å². The second-order valence-corrected chi connectivity index (χ2v) is 4.35. The van der Waals surface area contributed by atoms with Gasteiger partial charge in [-0.05, 0) is 25.5 Å². The summed E-state index contributed by atoms with van der Waals surface area (Å²) in [5, 5.41) is 0. The molecule has 5 nitrogen and oxygen atoms in total. The molecule has 1 aromatic rings. The molecule has 1 unspecified atom stereocenters. The average molecular weight is 251 g/mol. The zero-order chi connectivity index (χ0) is 13.7. The number of carbonyl (C=O) groups is 1. The van der Waals surface area contributed by atoms with Gasteiger partial charge in [-0.3, -0.25) is 0 Å². The first-order valence-electron chi connectivity index (χ1n) is 6.08. The van der Waals surface area contributed by atoms with Crippen LogP contribution in [0.25, 0.3) is 0 Å². The molecule has 0 aliphatic heterocycles. The lowest BCUT2D eigenvalue weighted by Crippen LogP contribution is -2.30. The highest BCUT2D eigenvalue weighted by molar-refractivity contribution is 5.88. The highest BCUT2D eigenvalue weighted by atomic mass is 16.5. The van der Waals surface area contributed by atoms with E-state index in [9.17, 15) is 4.79 Å². The fraction of sp³-hybridized carbons (Fsp3) is 0.538. The fourth-order valence-corrected chi connectivity index (χ4v) is 1.78. The lowest BCUT2D eigenvalue weighted by molar-refractivity contribution is 0.0594. The summed E-state index contributed by atoms with van der Waals surface area (Å²) in [4.78, 5) is 17.7. The van der Waals surface area contributed by atoms with Gasteiger partial charge in [0.25, 0.3) is 0 Å². The number of nitrogens with zero attached hydrogens (tertiary/aromatic N) is 2. The molecule has 0 saturated heterocycles. The predicted molar refractivity (Wildman–Crippen MR) is 72.8 cm³/mol. The van der Waals surface area contributed by atoms with Crippen LogP contribution in [-0.4, -0.2) is 31.2 Å². The Morgan fingerprint density at radius 1 is 1.56 bits per heavy atom. The third-order valence-electron chi connectivity index (χ3n) is 3.00. The average Bonchev–Trinajstić information content (AvgIpc) is 2.37. The lowest BCUT2D eigenvalue weighted by atomic mass is 10.1. The van der Waals surface area contributed by atoms with Gasteiger partial charge in [0.1, 0.15) is 0 Å². The van der Waals surface area contributed by atoms with Gasteiger partial charge in [-0.1, -0.05) is 13.3 Å². The maximum absolute atomic E-state index is 11.5. The summed E-state index contributed by atoms with van der Waals surface area (Å²) in [5.41, 5.74) is 6.75. The molecule has 18 heavy (non-hydrogen) atoms. The number of anilines is 2. The highest BCUT2D eigenvalue weighted by Crippen LogP contribution is 2.23. The molecule has 0 fully saturated rings. The van der Waals surface area contributed by atoms with Crippen LogP contribution in [0.1, 0.15) is 37.2 Å². The molecular weight excluding hydrogens is 230 g/mol. The molecule has 0 spiro atoms. The zero-order valence-corrected chi connectivity index (χ0v) is 11.4. The van der Waals surface area contributed by atoms with Crippen LogP contribution >= 0.6 is 0 Å². The van der Waals surface area contributed by atoms with Crippen molar-refractivity contribution in [3.8, 4) is 0 Å². The molecular formula is C13H21N3O2. The van der Waals surface area contributed by atoms with E-state index in [2.05, 4.69) is 23.6 Å². The van der Waals surface area contributed by atoms with Crippen LogP contribution in [0.2, 0.25) is 0 Å². The van der Waals surface area contributed by atoms with Crippen LogP contribution in [0.15, 0.2) is 12.1 Å². The number of ether oxygens (including phenoxy) is 1. The molecule has 0 bridgehead atoms. The first-order valence-corrected chi connectivity index (χ1v) is 6.08. The number of nitrogens with two attached hydrogens (primary N) is 1. The van der Waals surface area contributed by atoms with E-state index in [1.807, 2.05) is 11.9 Å². The summed E-state index contributed by atoms with van der Waals surface area (Å²) >= 11 is 0. The second kappa shape index (κ2) is 6.23. The largest absolute Gasteiger partial charge is 0.464 e. The van der Waals surface area contributed by atoms with Crippen molar-refractivity contribution >= 4 is 17.5 Å². The van der Waals surface area contributed by atoms with Crippen LogP contribution in [0, 0.1) is 0 Å². The van der Waals surface area contributed by atoms with Gasteiger partial charge < -0.3 is 15.4 Å². The van der Waals surface area contributed by atoms with Crippen molar-refractivity contribution in [1.29, 1.82) is 0 Å². The first kappa shape index (κ1) is 14.3. The predicted octanol–water partition coefficient (Wildman–Crippen LogP) is 2.08. The molecule has 0 amide bonds. The van der Waals surface area contributed by atoms with Crippen molar-refractivity contribution in [3.63, 3.8) is 0 Å². The second-order valence-electron chi connectivity index (χ2n) is 4.35. The third-order valence-corrected chi connectivity index (χ3v) is 3.00. The molecule has 1 rings (SSSR count). The van der Waals surface area contributed by atoms with Crippen molar-refractivity contribution in [1.82, 2.24) is 4.98 Å². The van der Waals surface area contributed by atoms with Crippen molar-refractivity contribution < 1.29 is 9.53 Å². The number of aromatic nitrogens is 1. The summed E-state index contributed by atoms with van der Waals surface area (Å²) in [6.45, 7) is 4.24. The minimum atomic E-state index is -0.451. The molecule has 1 aromatic heterocycles. The van der Waals surface area contributed by atoms with Crippen molar-refractivity contribution in [3.05, 3.63) is 17.8 Å². The van der Waals surface area contributed by atoms with E-state index in [1.165, 1.54) is 7.11 Å². The van der Waals surface area contributed by atoms with Crippen molar-refractivity contribution in [2.24, 2.45) is 0 Å².